The highest BCUT2D eigenvalue weighted by Crippen LogP contribution is 2.24. The lowest BCUT2D eigenvalue weighted by Crippen LogP contribution is -2.42. The van der Waals surface area contributed by atoms with E-state index < -0.39 is 0 Å². The Labute approximate surface area is 165 Å². The Balaban J connectivity index is 1.35. The molecule has 1 saturated carbocycles. The van der Waals surface area contributed by atoms with Crippen molar-refractivity contribution in [2.45, 2.75) is 44.6 Å². The molecule has 1 aliphatic heterocycles. The molecule has 6 nitrogen and oxygen atoms in total. The van der Waals surface area contributed by atoms with Crippen molar-refractivity contribution in [2.24, 2.45) is 16.6 Å². The van der Waals surface area contributed by atoms with Crippen LogP contribution in [-0.4, -0.2) is 53.8 Å². The molecule has 3 rings (SSSR count). The molecule has 7 heteroatoms. The number of Topliss-reactive ketones (excluding diaryl/α,β-unsaturated/α-hetero) is 1. The van der Waals surface area contributed by atoms with Gasteiger partial charge in [0.25, 0.3) is 0 Å². The fourth-order valence-corrected chi connectivity index (χ4v) is 3.54. The van der Waals surface area contributed by atoms with Gasteiger partial charge in [0.1, 0.15) is 5.82 Å². The number of piperidine rings is 1. The van der Waals surface area contributed by atoms with Crippen molar-refractivity contribution in [3.63, 3.8) is 0 Å². The normalized spacial score (nSPS) is 18.6. The van der Waals surface area contributed by atoms with Crippen LogP contribution in [0.2, 0.25) is 0 Å². The number of nitrogens with zero attached hydrogens (tertiary/aromatic N) is 4. The van der Waals surface area contributed by atoms with Crippen LogP contribution in [-0.2, 0) is 0 Å². The fourth-order valence-electron chi connectivity index (χ4n) is 3.54. The second-order valence-corrected chi connectivity index (χ2v) is 7.75. The van der Waals surface area contributed by atoms with Gasteiger partial charge in [-0.2, -0.15) is 5.26 Å². The molecule has 0 bridgehead atoms. The Morgan fingerprint density at radius 3 is 2.54 bits per heavy atom. The van der Waals surface area contributed by atoms with Gasteiger partial charge in [-0.15, -0.1) is 0 Å². The van der Waals surface area contributed by atoms with E-state index in [9.17, 15) is 14.4 Å². The molecule has 2 N–H and O–H groups in total. The zero-order valence-corrected chi connectivity index (χ0v) is 16.2. The van der Waals surface area contributed by atoms with Gasteiger partial charge in [-0.1, -0.05) is 0 Å². The van der Waals surface area contributed by atoms with E-state index in [1.165, 1.54) is 17.0 Å². The van der Waals surface area contributed by atoms with E-state index in [1.807, 2.05) is 0 Å². The molecule has 2 fully saturated rings. The molecule has 0 atom stereocenters. The third-order valence-electron chi connectivity index (χ3n) is 5.45. The Morgan fingerprint density at radius 1 is 1.25 bits per heavy atom. The van der Waals surface area contributed by atoms with Gasteiger partial charge in [0.15, 0.2) is 12.0 Å². The zero-order valence-electron chi connectivity index (χ0n) is 16.2. The maximum atomic E-state index is 12.9. The predicted octanol–water partition coefficient (Wildman–Crippen LogP) is 2.76. The van der Waals surface area contributed by atoms with Crippen LogP contribution in [0.1, 0.15) is 48.9 Å². The number of halogens is 1. The van der Waals surface area contributed by atoms with Crippen LogP contribution in [0.4, 0.5) is 4.39 Å². The molecule has 1 aromatic carbocycles. The monoisotopic (exact) mass is 385 g/mol. The number of hydrogen-bond donors (Lipinski definition) is 1. The molecule has 0 radical (unpaired) electrons. The number of ketones is 1. The predicted molar refractivity (Wildman–Crippen MR) is 106 cm³/mol. The summed E-state index contributed by atoms with van der Waals surface area (Å²) >= 11 is 0. The molecule has 150 valence electrons. The van der Waals surface area contributed by atoms with Gasteiger partial charge in [0, 0.05) is 18.5 Å². The summed E-state index contributed by atoms with van der Waals surface area (Å²) in [5.41, 5.74) is 6.53. The highest BCUT2D eigenvalue weighted by molar-refractivity contribution is 5.95. The first kappa shape index (κ1) is 20.3. The van der Waals surface area contributed by atoms with Crippen molar-refractivity contribution in [1.29, 1.82) is 5.26 Å². The number of hydrogen-bond acceptors (Lipinski definition) is 4. The van der Waals surface area contributed by atoms with Crippen molar-refractivity contribution in [1.82, 2.24) is 9.80 Å². The number of likely N-dealkylation sites (tertiary alicyclic amines) is 1. The first-order valence-corrected chi connectivity index (χ1v) is 10.1. The lowest BCUT2D eigenvalue weighted by Gasteiger charge is -2.33. The summed E-state index contributed by atoms with van der Waals surface area (Å²) in [6.45, 7) is 3.45. The van der Waals surface area contributed by atoms with Gasteiger partial charge < -0.3 is 10.6 Å². The topological polar surface area (TPSA) is 85.7 Å². The molecule has 1 heterocycles. The number of nitriles is 1. The third kappa shape index (κ3) is 6.03. The standard InChI is InChI=1S/C21H28FN5O/c22-18-5-3-17(4-6-18)20(28)2-1-11-26-12-9-16(10-13-26)14-27(15-23)21(24)25-19-7-8-19/h3-6,16,19H,1-2,7-14H2,(H2,24,25). The van der Waals surface area contributed by atoms with Crippen LogP contribution in [0, 0.1) is 23.2 Å². The van der Waals surface area contributed by atoms with Crippen LogP contribution in [0.5, 0.6) is 0 Å². The van der Waals surface area contributed by atoms with Crippen LogP contribution in [0.15, 0.2) is 29.3 Å². The zero-order chi connectivity index (χ0) is 19.9. The van der Waals surface area contributed by atoms with Crippen LogP contribution >= 0.6 is 0 Å². The fraction of sp³-hybridized carbons (Fsp3) is 0.571. The average molecular weight is 385 g/mol. The van der Waals surface area contributed by atoms with Crippen molar-refractivity contribution in [3.05, 3.63) is 35.6 Å². The first-order chi connectivity index (χ1) is 13.5. The average Bonchev–Trinajstić information content (AvgIpc) is 3.51. The molecule has 28 heavy (non-hydrogen) atoms. The maximum absolute atomic E-state index is 12.9. The van der Waals surface area contributed by atoms with Gasteiger partial charge >= 0.3 is 0 Å². The van der Waals surface area contributed by atoms with E-state index in [4.69, 9.17) is 5.73 Å². The number of rotatable bonds is 8. The van der Waals surface area contributed by atoms with Crippen molar-refractivity contribution >= 4 is 11.7 Å². The lowest BCUT2D eigenvalue weighted by atomic mass is 9.96. The largest absolute Gasteiger partial charge is 0.369 e. The van der Waals surface area contributed by atoms with Gasteiger partial charge in [-0.25, -0.2) is 14.3 Å². The third-order valence-corrected chi connectivity index (χ3v) is 5.45. The summed E-state index contributed by atoms with van der Waals surface area (Å²) in [5, 5.41) is 9.34. The van der Waals surface area contributed by atoms with Gasteiger partial charge in [-0.3, -0.25) is 4.79 Å². The van der Waals surface area contributed by atoms with E-state index >= 15 is 0 Å². The number of carbonyl (C=O) groups excluding carboxylic acids is 1. The van der Waals surface area contributed by atoms with E-state index in [0.717, 1.165) is 51.7 Å². The van der Waals surface area contributed by atoms with Crippen LogP contribution in [0.25, 0.3) is 0 Å². The summed E-state index contributed by atoms with van der Waals surface area (Å²) < 4.78 is 12.9. The number of guanidine groups is 1. The second-order valence-electron chi connectivity index (χ2n) is 7.75. The molecular weight excluding hydrogens is 357 g/mol. The lowest BCUT2D eigenvalue weighted by molar-refractivity contribution is 0.0969. The summed E-state index contributed by atoms with van der Waals surface area (Å²) in [6, 6.07) is 6.05. The molecule has 0 amide bonds. The Bertz CT molecular complexity index is 730. The van der Waals surface area contributed by atoms with Crippen LogP contribution < -0.4 is 5.73 Å². The number of aliphatic imine (C=N–C) groups is 1. The SMILES string of the molecule is N#CN(CC1CCN(CCCC(=O)c2ccc(F)cc2)CC1)C(N)=NC1CC1. The summed E-state index contributed by atoms with van der Waals surface area (Å²) in [7, 11) is 0. The van der Waals surface area contributed by atoms with Crippen molar-refractivity contribution < 1.29 is 9.18 Å². The van der Waals surface area contributed by atoms with Gasteiger partial charge in [0.05, 0.1) is 6.04 Å². The van der Waals surface area contributed by atoms with Crippen LogP contribution in [0.3, 0.4) is 0 Å². The summed E-state index contributed by atoms with van der Waals surface area (Å²) in [5.74, 6) is 0.524. The van der Waals surface area contributed by atoms with E-state index in [0.29, 0.717) is 36.4 Å². The van der Waals surface area contributed by atoms with Crippen molar-refractivity contribution in [2.75, 3.05) is 26.2 Å². The molecular formula is C21H28FN5O. The quantitative estimate of drug-likeness (QED) is 0.244. The minimum Gasteiger partial charge on any atom is -0.369 e. The highest BCUT2D eigenvalue weighted by Gasteiger charge is 2.25. The van der Waals surface area contributed by atoms with Gasteiger partial charge in [-0.05, 0) is 81.9 Å². The van der Waals surface area contributed by atoms with E-state index in [-0.39, 0.29) is 11.6 Å². The Morgan fingerprint density at radius 2 is 1.93 bits per heavy atom. The molecule has 0 unspecified atom stereocenters. The molecule has 2 aliphatic rings. The molecule has 0 aromatic heterocycles. The second kappa shape index (κ2) is 9.65. The van der Waals surface area contributed by atoms with E-state index in [1.54, 1.807) is 12.1 Å². The molecule has 1 saturated heterocycles. The minimum absolute atomic E-state index is 0.0602. The maximum Gasteiger partial charge on any atom is 0.205 e. The number of benzene rings is 1. The Kier molecular flexibility index (Phi) is 6.99. The van der Waals surface area contributed by atoms with E-state index in [2.05, 4.69) is 16.1 Å². The molecule has 1 aromatic rings. The minimum atomic E-state index is -0.324. The molecule has 1 aliphatic carbocycles. The summed E-state index contributed by atoms with van der Waals surface area (Å²) in [6.07, 6.45) is 7.61. The van der Waals surface area contributed by atoms with Crippen molar-refractivity contribution in [3.8, 4) is 6.19 Å². The van der Waals surface area contributed by atoms with Gasteiger partial charge in [0.2, 0.25) is 5.96 Å². The number of carbonyl (C=O) groups is 1. The number of nitrogens with two attached hydrogens (primary N) is 1. The smallest absolute Gasteiger partial charge is 0.205 e. The first-order valence-electron chi connectivity index (χ1n) is 10.1. The Hall–Kier alpha value is -2.46. The summed E-state index contributed by atoms with van der Waals surface area (Å²) in [4.78, 5) is 20.4. The highest BCUT2D eigenvalue weighted by atomic mass is 19.1. The molecule has 0 spiro atoms.